The van der Waals surface area contributed by atoms with Crippen molar-refractivity contribution < 1.29 is 4.74 Å². The molecule has 0 spiro atoms. The fraction of sp³-hybridized carbons (Fsp3) is 0.250. The Bertz CT molecular complexity index is 968. The van der Waals surface area contributed by atoms with Crippen molar-refractivity contribution >= 4 is 16.3 Å². The molecule has 0 amide bonds. The molecule has 3 heterocycles. The SMILES string of the molecule is COc1ccc(Cc2nnc3sc(Cc4ncc(C)[nH]4)nn23)cc1. The summed E-state index contributed by atoms with van der Waals surface area (Å²) in [6, 6.07) is 7.94. The Morgan fingerprint density at radius 2 is 2.00 bits per heavy atom. The van der Waals surface area contributed by atoms with Crippen LogP contribution >= 0.6 is 11.3 Å². The number of hydrogen-bond donors (Lipinski definition) is 1. The minimum atomic E-state index is 0.670. The Morgan fingerprint density at radius 3 is 2.71 bits per heavy atom. The third-order valence-electron chi connectivity index (χ3n) is 3.69. The molecule has 122 valence electrons. The maximum atomic E-state index is 5.18. The van der Waals surface area contributed by atoms with Gasteiger partial charge in [0.2, 0.25) is 4.96 Å². The maximum absolute atomic E-state index is 5.18. The van der Waals surface area contributed by atoms with Crippen LogP contribution in [0.1, 0.15) is 27.9 Å². The molecule has 1 aromatic carbocycles. The summed E-state index contributed by atoms with van der Waals surface area (Å²) in [5.41, 5.74) is 2.19. The first kappa shape index (κ1) is 14.8. The number of rotatable bonds is 5. The van der Waals surface area contributed by atoms with E-state index in [0.717, 1.165) is 38.6 Å². The van der Waals surface area contributed by atoms with Gasteiger partial charge in [-0.3, -0.25) is 0 Å². The van der Waals surface area contributed by atoms with Crippen molar-refractivity contribution in [3.8, 4) is 5.75 Å². The highest BCUT2D eigenvalue weighted by atomic mass is 32.1. The van der Waals surface area contributed by atoms with Gasteiger partial charge in [0.25, 0.3) is 0 Å². The van der Waals surface area contributed by atoms with Crippen LogP contribution in [0.3, 0.4) is 0 Å². The number of nitrogens with one attached hydrogen (secondary N) is 1. The topological polar surface area (TPSA) is 81.0 Å². The molecule has 3 aromatic heterocycles. The quantitative estimate of drug-likeness (QED) is 0.603. The average molecular weight is 340 g/mol. The Labute approximate surface area is 142 Å². The molecule has 0 aliphatic heterocycles. The number of H-pyrrole nitrogens is 1. The largest absolute Gasteiger partial charge is 0.497 e. The molecule has 0 saturated carbocycles. The lowest BCUT2D eigenvalue weighted by atomic mass is 10.1. The lowest BCUT2D eigenvalue weighted by Gasteiger charge is -2.01. The average Bonchev–Trinajstić information content (AvgIpc) is 3.26. The lowest BCUT2D eigenvalue weighted by Crippen LogP contribution is -1.99. The second kappa shape index (κ2) is 6.04. The van der Waals surface area contributed by atoms with Gasteiger partial charge in [0.05, 0.1) is 13.5 Å². The van der Waals surface area contributed by atoms with Gasteiger partial charge in [-0.05, 0) is 24.6 Å². The van der Waals surface area contributed by atoms with Gasteiger partial charge in [-0.2, -0.15) is 9.61 Å². The second-order valence-corrected chi connectivity index (χ2v) is 6.56. The second-order valence-electron chi connectivity index (χ2n) is 5.52. The summed E-state index contributed by atoms with van der Waals surface area (Å²) in [5, 5.41) is 14.1. The van der Waals surface area contributed by atoms with Crippen molar-refractivity contribution in [2.24, 2.45) is 0 Å². The number of imidazole rings is 1. The van der Waals surface area contributed by atoms with E-state index in [2.05, 4.69) is 25.3 Å². The number of methoxy groups -OCH3 is 1. The van der Waals surface area contributed by atoms with Crippen LogP contribution in [0.5, 0.6) is 5.75 Å². The third-order valence-corrected chi connectivity index (χ3v) is 4.59. The van der Waals surface area contributed by atoms with Crippen LogP contribution in [0.25, 0.3) is 4.96 Å². The van der Waals surface area contributed by atoms with E-state index in [9.17, 15) is 0 Å². The van der Waals surface area contributed by atoms with Gasteiger partial charge in [0.1, 0.15) is 16.6 Å². The highest BCUT2D eigenvalue weighted by molar-refractivity contribution is 7.16. The minimum absolute atomic E-state index is 0.670. The van der Waals surface area contributed by atoms with E-state index in [1.54, 1.807) is 7.11 Å². The number of aromatic nitrogens is 6. The normalized spacial score (nSPS) is 11.2. The lowest BCUT2D eigenvalue weighted by molar-refractivity contribution is 0.414. The van der Waals surface area contributed by atoms with Gasteiger partial charge < -0.3 is 9.72 Å². The Kier molecular flexibility index (Phi) is 3.73. The van der Waals surface area contributed by atoms with Crippen LogP contribution in [-0.2, 0) is 12.8 Å². The summed E-state index contributed by atoms with van der Waals surface area (Å²) in [7, 11) is 1.66. The highest BCUT2D eigenvalue weighted by Crippen LogP contribution is 2.19. The zero-order valence-electron chi connectivity index (χ0n) is 13.4. The first-order valence-electron chi connectivity index (χ1n) is 7.54. The molecule has 0 aliphatic rings. The molecule has 4 rings (SSSR count). The summed E-state index contributed by atoms with van der Waals surface area (Å²) in [4.78, 5) is 8.35. The van der Waals surface area contributed by atoms with E-state index in [-0.39, 0.29) is 0 Å². The van der Waals surface area contributed by atoms with E-state index in [1.165, 1.54) is 11.3 Å². The molecule has 24 heavy (non-hydrogen) atoms. The number of benzene rings is 1. The summed E-state index contributed by atoms with van der Waals surface area (Å²) < 4.78 is 7.00. The van der Waals surface area contributed by atoms with Crippen molar-refractivity contribution in [1.82, 2.24) is 29.8 Å². The van der Waals surface area contributed by atoms with E-state index in [4.69, 9.17) is 4.74 Å². The van der Waals surface area contributed by atoms with Gasteiger partial charge in [-0.1, -0.05) is 23.5 Å². The first-order valence-corrected chi connectivity index (χ1v) is 8.36. The van der Waals surface area contributed by atoms with Gasteiger partial charge in [-0.25, -0.2) is 4.98 Å². The summed E-state index contributed by atoms with van der Waals surface area (Å²) in [6.45, 7) is 1.99. The smallest absolute Gasteiger partial charge is 0.234 e. The van der Waals surface area contributed by atoms with Gasteiger partial charge >= 0.3 is 0 Å². The van der Waals surface area contributed by atoms with Crippen molar-refractivity contribution in [3.05, 3.63) is 58.4 Å². The number of fused-ring (bicyclic) bond motifs is 1. The predicted octanol–water partition coefficient (Wildman–Crippen LogP) is 2.41. The number of aryl methyl sites for hydroxylation is 1. The first-order chi connectivity index (χ1) is 11.7. The van der Waals surface area contributed by atoms with Crippen molar-refractivity contribution in [2.45, 2.75) is 19.8 Å². The molecule has 0 unspecified atom stereocenters. The fourth-order valence-corrected chi connectivity index (χ4v) is 3.36. The summed E-state index contributed by atoms with van der Waals surface area (Å²) >= 11 is 1.54. The zero-order valence-corrected chi connectivity index (χ0v) is 14.2. The van der Waals surface area contributed by atoms with Crippen LogP contribution in [0.2, 0.25) is 0 Å². The molecular weight excluding hydrogens is 324 g/mol. The standard InChI is InChI=1S/C16H16N6OS/c1-10-9-17-13(18-10)8-15-21-22-14(19-20-16(22)24-15)7-11-3-5-12(23-2)6-4-11/h3-6,9H,7-8H2,1-2H3,(H,17,18). The van der Waals surface area contributed by atoms with Crippen molar-refractivity contribution in [2.75, 3.05) is 7.11 Å². The minimum Gasteiger partial charge on any atom is -0.497 e. The van der Waals surface area contributed by atoms with Gasteiger partial charge in [0.15, 0.2) is 5.82 Å². The molecule has 0 radical (unpaired) electrons. The Hall–Kier alpha value is -2.74. The molecular formula is C16H16N6OS. The zero-order chi connectivity index (χ0) is 16.5. The third kappa shape index (κ3) is 2.88. The van der Waals surface area contributed by atoms with Gasteiger partial charge in [-0.15, -0.1) is 10.2 Å². The fourth-order valence-electron chi connectivity index (χ4n) is 2.50. The van der Waals surface area contributed by atoms with Crippen LogP contribution in [-0.4, -0.2) is 36.9 Å². The predicted molar refractivity (Wildman–Crippen MR) is 90.6 cm³/mol. The molecule has 8 heteroatoms. The van der Waals surface area contributed by atoms with Gasteiger partial charge in [0, 0.05) is 18.3 Å². The highest BCUT2D eigenvalue weighted by Gasteiger charge is 2.13. The molecule has 0 fully saturated rings. The molecule has 0 atom stereocenters. The monoisotopic (exact) mass is 340 g/mol. The Balaban J connectivity index is 1.57. The number of ether oxygens (including phenoxy) is 1. The summed E-state index contributed by atoms with van der Waals surface area (Å²) in [6.07, 6.45) is 3.17. The Morgan fingerprint density at radius 1 is 1.17 bits per heavy atom. The van der Waals surface area contributed by atoms with Crippen LogP contribution < -0.4 is 4.74 Å². The van der Waals surface area contributed by atoms with Crippen LogP contribution in [0.15, 0.2) is 30.5 Å². The molecule has 0 saturated heterocycles. The van der Waals surface area contributed by atoms with Crippen LogP contribution in [0, 0.1) is 6.92 Å². The van der Waals surface area contributed by atoms with E-state index in [0.29, 0.717) is 12.8 Å². The maximum Gasteiger partial charge on any atom is 0.234 e. The van der Waals surface area contributed by atoms with E-state index < -0.39 is 0 Å². The van der Waals surface area contributed by atoms with Crippen molar-refractivity contribution in [3.63, 3.8) is 0 Å². The summed E-state index contributed by atoms with van der Waals surface area (Å²) in [5.74, 6) is 2.58. The van der Waals surface area contributed by atoms with Crippen molar-refractivity contribution in [1.29, 1.82) is 0 Å². The molecule has 0 aliphatic carbocycles. The van der Waals surface area contributed by atoms with E-state index >= 15 is 0 Å². The van der Waals surface area contributed by atoms with Crippen LogP contribution in [0.4, 0.5) is 0 Å². The molecule has 4 aromatic rings. The van der Waals surface area contributed by atoms with E-state index in [1.807, 2.05) is 41.9 Å². The number of nitrogens with zero attached hydrogens (tertiary/aromatic N) is 5. The molecule has 1 N–H and O–H groups in total. The number of hydrogen-bond acceptors (Lipinski definition) is 6. The molecule has 7 nitrogen and oxygen atoms in total. The number of aromatic amines is 1. The molecule has 0 bridgehead atoms.